The molecule has 0 N–H and O–H groups in total. The van der Waals surface area contributed by atoms with Gasteiger partial charge in [0, 0.05) is 7.05 Å². The standard InChI is InChI=1S/C32H40NPSi/c1-5-6-7-10-15-26-22-31(33(3)24-32(26)35-4)30-23-29(21-20-25(30)2)34(27-16-11-8-12-17-27)28-18-13-9-14-19-28/h8-9,11-14,16-24,31H,5-7,10,15,35H2,1-4H3. The molecule has 3 heteroatoms. The second-order valence-electron chi connectivity index (χ2n) is 9.67. The third-order valence-electron chi connectivity index (χ3n) is 7.12. The van der Waals surface area contributed by atoms with Crippen molar-refractivity contribution >= 4 is 33.4 Å². The van der Waals surface area contributed by atoms with Gasteiger partial charge in [-0.15, -0.1) is 0 Å². The van der Waals surface area contributed by atoms with Gasteiger partial charge in [-0.3, -0.25) is 0 Å². The number of aryl methyl sites for hydroxylation is 1. The maximum absolute atomic E-state index is 2.59. The summed E-state index contributed by atoms with van der Waals surface area (Å²) in [6.45, 7) is 7.01. The van der Waals surface area contributed by atoms with Crippen LogP contribution in [0.25, 0.3) is 0 Å². The van der Waals surface area contributed by atoms with Crippen LogP contribution in [0.15, 0.2) is 102 Å². The van der Waals surface area contributed by atoms with Gasteiger partial charge in [-0.25, -0.2) is 0 Å². The van der Waals surface area contributed by atoms with Crippen molar-refractivity contribution in [3.8, 4) is 0 Å². The fourth-order valence-corrected chi connectivity index (χ4v) is 8.67. The van der Waals surface area contributed by atoms with E-state index in [0.717, 1.165) is 0 Å². The van der Waals surface area contributed by atoms with Crippen LogP contribution < -0.4 is 15.9 Å². The molecule has 1 heterocycles. The Morgan fingerprint density at radius 2 is 1.49 bits per heavy atom. The average molecular weight is 498 g/mol. The Kier molecular flexibility index (Phi) is 9.18. The van der Waals surface area contributed by atoms with Gasteiger partial charge < -0.3 is 4.90 Å². The first-order chi connectivity index (χ1) is 17.1. The molecule has 0 spiro atoms. The van der Waals surface area contributed by atoms with E-state index in [9.17, 15) is 0 Å². The highest BCUT2D eigenvalue weighted by Gasteiger charge is 2.24. The van der Waals surface area contributed by atoms with Gasteiger partial charge in [0.2, 0.25) is 0 Å². The molecule has 182 valence electrons. The van der Waals surface area contributed by atoms with E-state index in [1.807, 2.05) is 0 Å². The summed E-state index contributed by atoms with van der Waals surface area (Å²) < 4.78 is 0. The largest absolute Gasteiger partial charge is 0.370 e. The first-order valence-corrected chi connectivity index (χ1v) is 16.7. The Balaban J connectivity index is 1.72. The quantitative estimate of drug-likeness (QED) is 0.171. The Morgan fingerprint density at radius 1 is 0.829 bits per heavy atom. The monoisotopic (exact) mass is 497 g/mol. The third-order valence-corrected chi connectivity index (χ3v) is 10.9. The molecule has 0 saturated heterocycles. The minimum Gasteiger partial charge on any atom is -0.370 e. The van der Waals surface area contributed by atoms with Crippen molar-refractivity contribution in [2.45, 2.75) is 58.5 Å². The van der Waals surface area contributed by atoms with E-state index in [1.54, 1.807) is 10.8 Å². The molecule has 4 rings (SSSR count). The summed E-state index contributed by atoms with van der Waals surface area (Å²) >= 11 is 0. The van der Waals surface area contributed by atoms with Crippen LogP contribution in [0.2, 0.25) is 6.55 Å². The molecular weight excluding hydrogens is 457 g/mol. The van der Waals surface area contributed by atoms with E-state index in [-0.39, 0.29) is 9.52 Å². The summed E-state index contributed by atoms with van der Waals surface area (Å²) in [4.78, 5) is 2.46. The van der Waals surface area contributed by atoms with Crippen molar-refractivity contribution in [3.05, 3.63) is 113 Å². The van der Waals surface area contributed by atoms with E-state index < -0.39 is 7.92 Å². The predicted octanol–water partition coefficient (Wildman–Crippen LogP) is 6.69. The highest BCUT2D eigenvalue weighted by molar-refractivity contribution is 7.79. The maximum Gasteiger partial charge on any atom is 0.0726 e. The Morgan fingerprint density at radius 3 is 2.09 bits per heavy atom. The number of rotatable bonds is 10. The Labute approximate surface area is 216 Å². The SMILES string of the molecule is CCCCCCC1=CC(c2cc(P(c3ccccc3)c3ccccc3)ccc2C)N(C)C=C1[SiH2]C. The smallest absolute Gasteiger partial charge is 0.0726 e. The molecular formula is C32H40NPSi. The lowest BCUT2D eigenvalue weighted by atomic mass is 9.94. The summed E-state index contributed by atoms with van der Waals surface area (Å²) in [5.74, 6) is 0. The van der Waals surface area contributed by atoms with Crippen LogP contribution in [0.1, 0.15) is 56.2 Å². The average Bonchev–Trinajstić information content (AvgIpc) is 2.89. The summed E-state index contributed by atoms with van der Waals surface area (Å²) in [6, 6.07) is 29.6. The number of hydrogen-bond acceptors (Lipinski definition) is 1. The molecule has 35 heavy (non-hydrogen) atoms. The molecule has 0 aliphatic carbocycles. The molecule has 0 aromatic heterocycles. The zero-order valence-electron chi connectivity index (χ0n) is 21.9. The van der Waals surface area contributed by atoms with Crippen LogP contribution in [-0.4, -0.2) is 21.5 Å². The van der Waals surface area contributed by atoms with E-state index in [0.29, 0.717) is 6.04 Å². The molecule has 1 aliphatic heterocycles. The van der Waals surface area contributed by atoms with Crippen LogP contribution in [0.5, 0.6) is 0 Å². The molecule has 1 nitrogen and oxygen atoms in total. The summed E-state index contributed by atoms with van der Waals surface area (Å²) in [6.07, 6.45) is 11.6. The normalized spacial score (nSPS) is 16.1. The van der Waals surface area contributed by atoms with Crippen molar-refractivity contribution in [1.29, 1.82) is 0 Å². The van der Waals surface area contributed by atoms with Crippen molar-refractivity contribution in [1.82, 2.24) is 4.90 Å². The molecule has 1 atom stereocenters. The summed E-state index contributed by atoms with van der Waals surface area (Å²) in [5, 5.41) is 5.90. The minimum atomic E-state index is -0.594. The van der Waals surface area contributed by atoms with Crippen molar-refractivity contribution < 1.29 is 0 Å². The van der Waals surface area contributed by atoms with Crippen molar-refractivity contribution in [2.75, 3.05) is 7.05 Å². The lowest BCUT2D eigenvalue weighted by Crippen LogP contribution is -2.26. The first kappa shape index (κ1) is 25.7. The van der Waals surface area contributed by atoms with Crippen LogP contribution in [0.4, 0.5) is 0 Å². The second-order valence-corrected chi connectivity index (χ2v) is 13.4. The molecule has 1 aliphatic rings. The fourth-order valence-electron chi connectivity index (χ4n) is 5.12. The number of unbranched alkanes of at least 4 members (excludes halogenated alkanes) is 3. The van der Waals surface area contributed by atoms with Crippen LogP contribution in [0, 0.1) is 6.92 Å². The van der Waals surface area contributed by atoms with Crippen LogP contribution >= 0.6 is 7.92 Å². The Hall–Kier alpha value is -2.41. The maximum atomic E-state index is 2.59. The number of hydrogen-bond donors (Lipinski definition) is 0. The number of nitrogens with zero attached hydrogens (tertiary/aromatic N) is 1. The van der Waals surface area contributed by atoms with E-state index in [1.165, 1.54) is 59.1 Å². The fraction of sp³-hybridized carbons (Fsp3) is 0.312. The highest BCUT2D eigenvalue weighted by atomic mass is 31.1. The Bertz CT molecular complexity index is 1110. The topological polar surface area (TPSA) is 3.24 Å². The molecule has 0 radical (unpaired) electrons. The summed E-state index contributed by atoms with van der Waals surface area (Å²) in [5.41, 5.74) is 4.45. The zero-order valence-corrected chi connectivity index (χ0v) is 24.2. The van der Waals surface area contributed by atoms with Crippen LogP contribution in [0.3, 0.4) is 0 Å². The summed E-state index contributed by atoms with van der Waals surface area (Å²) in [7, 11) is 1.47. The molecule has 0 amide bonds. The lowest BCUT2D eigenvalue weighted by Gasteiger charge is -2.33. The van der Waals surface area contributed by atoms with Gasteiger partial charge in [-0.1, -0.05) is 112 Å². The molecule has 3 aromatic carbocycles. The minimum absolute atomic E-state index is 0.199. The van der Waals surface area contributed by atoms with Gasteiger partial charge >= 0.3 is 0 Å². The van der Waals surface area contributed by atoms with Gasteiger partial charge in [-0.2, -0.15) is 0 Å². The van der Waals surface area contributed by atoms with E-state index >= 15 is 0 Å². The molecule has 1 unspecified atom stereocenters. The molecule has 0 saturated carbocycles. The zero-order chi connectivity index (χ0) is 24.6. The van der Waals surface area contributed by atoms with Gasteiger partial charge in [0.1, 0.15) is 0 Å². The number of likely N-dealkylation sites (N-methyl/N-ethyl adjacent to an activating group) is 1. The van der Waals surface area contributed by atoms with E-state index in [2.05, 4.69) is 123 Å². The molecule has 0 bridgehead atoms. The van der Waals surface area contributed by atoms with Crippen molar-refractivity contribution in [3.63, 3.8) is 0 Å². The lowest BCUT2D eigenvalue weighted by molar-refractivity contribution is 0.383. The van der Waals surface area contributed by atoms with Gasteiger partial charge in [0.15, 0.2) is 0 Å². The van der Waals surface area contributed by atoms with Gasteiger partial charge in [0.25, 0.3) is 0 Å². The molecule has 3 aromatic rings. The van der Waals surface area contributed by atoms with Crippen LogP contribution in [-0.2, 0) is 0 Å². The predicted molar refractivity (Wildman–Crippen MR) is 160 cm³/mol. The van der Waals surface area contributed by atoms with Gasteiger partial charge in [-0.05, 0) is 77.8 Å². The first-order valence-electron chi connectivity index (χ1n) is 13.3. The number of benzene rings is 3. The number of allylic oxidation sites excluding steroid dienone is 2. The van der Waals surface area contributed by atoms with Gasteiger partial charge in [0.05, 0.1) is 15.6 Å². The van der Waals surface area contributed by atoms with E-state index in [4.69, 9.17) is 0 Å². The van der Waals surface area contributed by atoms with Crippen molar-refractivity contribution in [2.24, 2.45) is 0 Å². The second kappa shape index (κ2) is 12.5. The highest BCUT2D eigenvalue weighted by Crippen LogP contribution is 2.37. The third kappa shape index (κ3) is 6.24. The molecule has 0 fully saturated rings.